The monoisotopic (exact) mass is 384 g/mol. The van der Waals surface area contributed by atoms with E-state index < -0.39 is 24.0 Å². The standard InChI is InChI=1S/C20H24N4O4/c1-13(2)7-17(19(25)26)23-18(20(27)28)8-16-10-22-12-24(16)11-15-5-3-14(9-21)4-6-15/h3-6,10,12-13,17-18,23H,7-8,11H2,1-2H3,(H,25,26)(H,27,28). The fourth-order valence-electron chi connectivity index (χ4n) is 2.92. The van der Waals surface area contributed by atoms with Gasteiger partial charge in [-0.2, -0.15) is 5.26 Å². The Labute approximate surface area is 163 Å². The molecule has 0 amide bonds. The van der Waals surface area contributed by atoms with Gasteiger partial charge in [-0.3, -0.25) is 14.9 Å². The molecule has 1 aromatic carbocycles. The number of nitrogens with zero attached hydrogens (tertiary/aromatic N) is 3. The van der Waals surface area contributed by atoms with Crippen LogP contribution >= 0.6 is 0 Å². The molecule has 0 fully saturated rings. The van der Waals surface area contributed by atoms with Gasteiger partial charge in [0.1, 0.15) is 12.1 Å². The van der Waals surface area contributed by atoms with Crippen molar-refractivity contribution >= 4 is 11.9 Å². The summed E-state index contributed by atoms with van der Waals surface area (Å²) in [6.45, 7) is 4.25. The third-order valence-electron chi connectivity index (χ3n) is 4.35. The molecular formula is C20H24N4O4. The van der Waals surface area contributed by atoms with Crippen LogP contribution in [0.3, 0.4) is 0 Å². The van der Waals surface area contributed by atoms with Crippen molar-refractivity contribution in [3.63, 3.8) is 0 Å². The van der Waals surface area contributed by atoms with E-state index in [2.05, 4.69) is 16.4 Å². The van der Waals surface area contributed by atoms with Crippen LogP contribution in [-0.4, -0.2) is 43.8 Å². The summed E-state index contributed by atoms with van der Waals surface area (Å²) < 4.78 is 1.82. The van der Waals surface area contributed by atoms with Crippen LogP contribution in [0.2, 0.25) is 0 Å². The molecule has 3 N–H and O–H groups in total. The minimum atomic E-state index is -1.11. The summed E-state index contributed by atoms with van der Waals surface area (Å²) in [6, 6.07) is 7.19. The second-order valence-electron chi connectivity index (χ2n) is 7.10. The minimum Gasteiger partial charge on any atom is -0.480 e. The number of hydrogen-bond acceptors (Lipinski definition) is 5. The SMILES string of the molecule is CC(C)CC(NC(Cc1cncn1Cc1ccc(C#N)cc1)C(=O)O)C(=O)O. The molecule has 0 aliphatic rings. The van der Waals surface area contributed by atoms with Gasteiger partial charge in [0.15, 0.2) is 0 Å². The Hall–Kier alpha value is -3.18. The molecule has 2 atom stereocenters. The topological polar surface area (TPSA) is 128 Å². The highest BCUT2D eigenvalue weighted by Gasteiger charge is 2.27. The molecular weight excluding hydrogens is 360 g/mol. The van der Waals surface area contributed by atoms with Crippen molar-refractivity contribution in [1.82, 2.24) is 14.9 Å². The van der Waals surface area contributed by atoms with Crippen LogP contribution in [-0.2, 0) is 22.6 Å². The number of carboxylic acids is 2. The Balaban J connectivity index is 2.13. The van der Waals surface area contributed by atoms with Gasteiger partial charge in [0, 0.05) is 24.9 Å². The van der Waals surface area contributed by atoms with Crippen molar-refractivity contribution in [1.29, 1.82) is 5.26 Å². The zero-order valence-corrected chi connectivity index (χ0v) is 15.9. The van der Waals surface area contributed by atoms with Crippen molar-refractivity contribution in [2.45, 2.75) is 45.3 Å². The molecule has 148 valence electrons. The molecule has 1 aromatic heterocycles. The molecule has 8 nitrogen and oxygen atoms in total. The first-order valence-corrected chi connectivity index (χ1v) is 8.99. The largest absolute Gasteiger partial charge is 0.480 e. The minimum absolute atomic E-state index is 0.105. The lowest BCUT2D eigenvalue weighted by Gasteiger charge is -2.22. The molecule has 28 heavy (non-hydrogen) atoms. The van der Waals surface area contributed by atoms with E-state index in [9.17, 15) is 19.8 Å². The van der Waals surface area contributed by atoms with Gasteiger partial charge in [-0.15, -0.1) is 0 Å². The van der Waals surface area contributed by atoms with E-state index in [0.29, 0.717) is 24.2 Å². The summed E-state index contributed by atoms with van der Waals surface area (Å²) in [5.41, 5.74) is 2.19. The molecule has 0 bridgehead atoms. The Morgan fingerprint density at radius 2 is 1.82 bits per heavy atom. The maximum Gasteiger partial charge on any atom is 0.321 e. The van der Waals surface area contributed by atoms with Crippen LogP contribution in [0.5, 0.6) is 0 Å². The number of carbonyl (C=O) groups is 2. The van der Waals surface area contributed by atoms with Crippen LogP contribution in [0.4, 0.5) is 0 Å². The zero-order chi connectivity index (χ0) is 20.7. The van der Waals surface area contributed by atoms with Crippen molar-refractivity contribution in [3.8, 4) is 6.07 Å². The Bertz CT molecular complexity index is 852. The maximum atomic E-state index is 11.7. The smallest absolute Gasteiger partial charge is 0.321 e. The van der Waals surface area contributed by atoms with Crippen LogP contribution in [0.1, 0.15) is 37.1 Å². The van der Waals surface area contributed by atoms with Crippen molar-refractivity contribution < 1.29 is 19.8 Å². The average Bonchev–Trinajstić information content (AvgIpc) is 3.07. The predicted molar refractivity (Wildman–Crippen MR) is 102 cm³/mol. The summed E-state index contributed by atoms with van der Waals surface area (Å²) in [7, 11) is 0. The number of benzene rings is 1. The van der Waals surface area contributed by atoms with Gasteiger partial charge in [0.05, 0.1) is 18.0 Å². The number of nitrogens with one attached hydrogen (secondary N) is 1. The van der Waals surface area contributed by atoms with E-state index >= 15 is 0 Å². The number of aliphatic carboxylic acids is 2. The summed E-state index contributed by atoms with van der Waals surface area (Å²) in [6.07, 6.45) is 3.63. The number of rotatable bonds is 10. The van der Waals surface area contributed by atoms with Crippen molar-refractivity contribution in [2.24, 2.45) is 5.92 Å². The molecule has 1 heterocycles. The molecule has 0 aliphatic heterocycles. The third kappa shape index (κ3) is 5.93. The summed E-state index contributed by atoms with van der Waals surface area (Å²) in [4.78, 5) is 27.3. The van der Waals surface area contributed by atoms with Crippen LogP contribution in [0.25, 0.3) is 0 Å². The van der Waals surface area contributed by atoms with Gasteiger partial charge in [-0.1, -0.05) is 26.0 Å². The Morgan fingerprint density at radius 1 is 1.18 bits per heavy atom. The van der Waals surface area contributed by atoms with Crippen molar-refractivity contribution in [3.05, 3.63) is 53.6 Å². The number of imidazole rings is 1. The normalized spacial score (nSPS) is 13.1. The summed E-state index contributed by atoms with van der Waals surface area (Å²) >= 11 is 0. The second-order valence-corrected chi connectivity index (χ2v) is 7.10. The molecule has 0 saturated carbocycles. The Morgan fingerprint density at radius 3 is 2.36 bits per heavy atom. The molecule has 0 saturated heterocycles. The molecule has 0 spiro atoms. The van der Waals surface area contributed by atoms with Gasteiger partial charge in [-0.05, 0) is 30.0 Å². The summed E-state index contributed by atoms with van der Waals surface area (Å²) in [5, 5.41) is 30.6. The highest BCUT2D eigenvalue weighted by Crippen LogP contribution is 2.12. The lowest BCUT2D eigenvalue weighted by Crippen LogP contribution is -2.49. The van der Waals surface area contributed by atoms with Gasteiger partial charge < -0.3 is 14.8 Å². The average molecular weight is 384 g/mol. The van der Waals surface area contributed by atoms with Crippen LogP contribution in [0, 0.1) is 17.2 Å². The van der Waals surface area contributed by atoms with E-state index in [0.717, 1.165) is 5.56 Å². The quantitative estimate of drug-likeness (QED) is 0.570. The third-order valence-corrected chi connectivity index (χ3v) is 4.35. The predicted octanol–water partition coefficient (Wildman–Crippen LogP) is 1.89. The number of hydrogen-bond donors (Lipinski definition) is 3. The maximum absolute atomic E-state index is 11.7. The number of carboxylic acid groups (broad SMARTS) is 2. The molecule has 2 aromatic rings. The molecule has 2 unspecified atom stereocenters. The molecule has 0 aliphatic carbocycles. The molecule has 0 radical (unpaired) electrons. The van der Waals surface area contributed by atoms with Crippen molar-refractivity contribution in [2.75, 3.05) is 0 Å². The first kappa shape index (κ1) is 21.1. The van der Waals surface area contributed by atoms with Gasteiger partial charge in [0.25, 0.3) is 0 Å². The van der Waals surface area contributed by atoms with E-state index in [1.54, 1.807) is 24.7 Å². The van der Waals surface area contributed by atoms with Gasteiger partial charge in [-0.25, -0.2) is 4.98 Å². The lowest BCUT2D eigenvalue weighted by molar-refractivity contribution is -0.142. The van der Waals surface area contributed by atoms with E-state index in [-0.39, 0.29) is 12.3 Å². The fraction of sp³-hybridized carbons (Fsp3) is 0.400. The number of aromatic nitrogens is 2. The second kappa shape index (κ2) is 9.67. The molecule has 2 rings (SSSR count). The molecule has 8 heteroatoms. The summed E-state index contributed by atoms with van der Waals surface area (Å²) in [5.74, 6) is -2.06. The first-order chi connectivity index (χ1) is 13.3. The van der Waals surface area contributed by atoms with E-state index in [1.165, 1.54) is 0 Å². The van der Waals surface area contributed by atoms with E-state index in [1.807, 2.05) is 30.5 Å². The van der Waals surface area contributed by atoms with Crippen LogP contribution < -0.4 is 5.32 Å². The zero-order valence-electron chi connectivity index (χ0n) is 15.9. The number of nitriles is 1. The van der Waals surface area contributed by atoms with Crippen LogP contribution in [0.15, 0.2) is 36.8 Å². The highest BCUT2D eigenvalue weighted by atomic mass is 16.4. The highest BCUT2D eigenvalue weighted by molar-refractivity contribution is 5.77. The fourth-order valence-corrected chi connectivity index (χ4v) is 2.92. The lowest BCUT2D eigenvalue weighted by atomic mass is 10.0. The van der Waals surface area contributed by atoms with Gasteiger partial charge in [0.2, 0.25) is 0 Å². The van der Waals surface area contributed by atoms with Gasteiger partial charge >= 0.3 is 11.9 Å². The first-order valence-electron chi connectivity index (χ1n) is 8.99. The van der Waals surface area contributed by atoms with E-state index in [4.69, 9.17) is 5.26 Å². The Kier molecular flexibility index (Phi) is 7.29.